The summed E-state index contributed by atoms with van der Waals surface area (Å²) < 4.78 is 11.5. The van der Waals surface area contributed by atoms with E-state index in [1.165, 1.54) is 12.8 Å². The van der Waals surface area contributed by atoms with Crippen LogP contribution < -0.4 is 9.47 Å². The van der Waals surface area contributed by atoms with Gasteiger partial charge in [0.05, 0.1) is 25.5 Å². The predicted octanol–water partition coefficient (Wildman–Crippen LogP) is 2.25. The molecule has 132 valence electrons. The van der Waals surface area contributed by atoms with Crippen LogP contribution in [0.3, 0.4) is 0 Å². The number of benzene rings is 1. The average Bonchev–Trinajstić information content (AvgIpc) is 3.26. The Morgan fingerprint density at radius 3 is 2.71 bits per heavy atom. The first kappa shape index (κ1) is 17.0. The van der Waals surface area contributed by atoms with Crippen LogP contribution in [-0.2, 0) is 4.84 Å². The molecule has 1 aromatic rings. The molecule has 0 aromatic heterocycles. The highest BCUT2D eigenvalue weighted by Crippen LogP contribution is 2.35. The summed E-state index contributed by atoms with van der Waals surface area (Å²) in [6, 6.07) is 5.70. The van der Waals surface area contributed by atoms with Crippen molar-refractivity contribution in [3.63, 3.8) is 0 Å². The van der Waals surface area contributed by atoms with Gasteiger partial charge in [-0.1, -0.05) is 5.16 Å². The summed E-state index contributed by atoms with van der Waals surface area (Å²) in [7, 11) is 1.63. The molecule has 1 fully saturated rings. The lowest BCUT2D eigenvalue weighted by molar-refractivity contribution is -0.0697. The Morgan fingerprint density at radius 1 is 1.25 bits per heavy atom. The van der Waals surface area contributed by atoms with Crippen molar-refractivity contribution in [3.05, 3.63) is 23.8 Å². The highest BCUT2D eigenvalue weighted by molar-refractivity contribution is 6.02. The number of aliphatic hydroxyl groups is 2. The Balaban J connectivity index is 1.79. The zero-order chi connectivity index (χ0) is 17.0. The molecule has 1 heterocycles. The monoisotopic (exact) mass is 335 g/mol. The number of ether oxygens (including phenoxy) is 2. The predicted molar refractivity (Wildman–Crippen MR) is 89.6 cm³/mol. The van der Waals surface area contributed by atoms with Gasteiger partial charge in [-0.25, -0.2) is 0 Å². The van der Waals surface area contributed by atoms with Crippen LogP contribution in [0, 0.1) is 0 Å². The molecule has 1 aliphatic heterocycles. The third-order valence-corrected chi connectivity index (χ3v) is 4.79. The molecule has 1 aromatic carbocycles. The molecule has 0 saturated heterocycles. The van der Waals surface area contributed by atoms with Crippen molar-refractivity contribution >= 4 is 5.71 Å². The Labute approximate surface area is 142 Å². The van der Waals surface area contributed by atoms with E-state index in [9.17, 15) is 10.2 Å². The molecule has 1 saturated carbocycles. The van der Waals surface area contributed by atoms with Gasteiger partial charge in [0.25, 0.3) is 0 Å². The summed E-state index contributed by atoms with van der Waals surface area (Å²) in [4.78, 5) is 5.43. The second kappa shape index (κ2) is 7.40. The van der Waals surface area contributed by atoms with Crippen molar-refractivity contribution in [3.8, 4) is 11.5 Å². The molecule has 1 atom stereocenters. The second-order valence-corrected chi connectivity index (χ2v) is 6.51. The maximum Gasteiger partial charge on any atom is 0.168 e. The van der Waals surface area contributed by atoms with Gasteiger partial charge in [-0.2, -0.15) is 0 Å². The summed E-state index contributed by atoms with van der Waals surface area (Å²) in [5.41, 5.74) is 0.810. The first-order valence-corrected chi connectivity index (χ1v) is 8.51. The summed E-state index contributed by atoms with van der Waals surface area (Å²) >= 11 is 0. The molecule has 2 aliphatic rings. The Morgan fingerprint density at radius 2 is 2.04 bits per heavy atom. The van der Waals surface area contributed by atoms with E-state index < -0.39 is 5.60 Å². The average molecular weight is 335 g/mol. The zero-order valence-corrected chi connectivity index (χ0v) is 14.0. The van der Waals surface area contributed by atoms with Crippen molar-refractivity contribution in [2.24, 2.45) is 5.16 Å². The molecular formula is C18H25NO5. The lowest BCUT2D eigenvalue weighted by atomic mass is 9.92. The van der Waals surface area contributed by atoms with Crippen LogP contribution in [0.2, 0.25) is 0 Å². The van der Waals surface area contributed by atoms with Crippen LogP contribution in [0.15, 0.2) is 23.4 Å². The molecular weight excluding hydrogens is 310 g/mol. The number of hydrogen-bond acceptors (Lipinski definition) is 6. The van der Waals surface area contributed by atoms with E-state index in [-0.39, 0.29) is 19.3 Å². The number of nitrogens with zero attached hydrogens (tertiary/aromatic N) is 1. The number of aliphatic hydroxyl groups excluding tert-OH is 2. The maximum absolute atomic E-state index is 9.58. The van der Waals surface area contributed by atoms with Crippen LogP contribution >= 0.6 is 0 Å². The molecule has 6 nitrogen and oxygen atoms in total. The topological polar surface area (TPSA) is 80.5 Å². The molecule has 2 N–H and O–H groups in total. The molecule has 0 bridgehead atoms. The Bertz CT molecular complexity index is 597. The Hall–Kier alpha value is -1.79. The van der Waals surface area contributed by atoms with Gasteiger partial charge in [-0.05, 0) is 43.9 Å². The lowest BCUT2D eigenvalue weighted by Crippen LogP contribution is -2.34. The van der Waals surface area contributed by atoms with Gasteiger partial charge in [0, 0.05) is 25.0 Å². The fourth-order valence-electron chi connectivity index (χ4n) is 3.31. The van der Waals surface area contributed by atoms with Crippen molar-refractivity contribution in [1.29, 1.82) is 0 Å². The molecule has 0 radical (unpaired) electrons. The first-order valence-electron chi connectivity index (χ1n) is 8.51. The summed E-state index contributed by atoms with van der Waals surface area (Å²) in [5, 5.41) is 22.9. The van der Waals surface area contributed by atoms with E-state index in [0.717, 1.165) is 24.1 Å². The van der Waals surface area contributed by atoms with Crippen LogP contribution in [-0.4, -0.2) is 48.0 Å². The maximum atomic E-state index is 9.58. The van der Waals surface area contributed by atoms with Gasteiger partial charge in [0.2, 0.25) is 0 Å². The number of hydrogen-bond donors (Lipinski definition) is 2. The van der Waals surface area contributed by atoms with Crippen molar-refractivity contribution in [2.45, 2.75) is 50.2 Å². The number of rotatable bonds is 7. The summed E-state index contributed by atoms with van der Waals surface area (Å²) in [6.07, 6.45) is 5.59. The molecule has 0 amide bonds. The fraction of sp³-hybridized carbons (Fsp3) is 0.611. The minimum atomic E-state index is -0.823. The van der Waals surface area contributed by atoms with Crippen molar-refractivity contribution in [2.75, 3.05) is 20.3 Å². The third-order valence-electron chi connectivity index (χ3n) is 4.79. The van der Waals surface area contributed by atoms with E-state index in [0.29, 0.717) is 24.3 Å². The SMILES string of the molecule is COc1ccc(C2=NO[C@](CO)(CCO)C2)cc1OC1CCCC1. The lowest BCUT2D eigenvalue weighted by Gasteiger charge is -2.22. The van der Waals surface area contributed by atoms with Gasteiger partial charge >= 0.3 is 0 Å². The highest BCUT2D eigenvalue weighted by Gasteiger charge is 2.38. The van der Waals surface area contributed by atoms with Crippen molar-refractivity contribution in [1.82, 2.24) is 0 Å². The molecule has 6 heteroatoms. The van der Waals surface area contributed by atoms with Crippen molar-refractivity contribution < 1.29 is 24.5 Å². The largest absolute Gasteiger partial charge is 0.493 e. The number of methoxy groups -OCH3 is 1. The quantitative estimate of drug-likeness (QED) is 0.799. The third kappa shape index (κ3) is 3.49. The van der Waals surface area contributed by atoms with Crippen LogP contribution in [0.1, 0.15) is 44.1 Å². The summed E-state index contributed by atoms with van der Waals surface area (Å²) in [5.74, 6) is 1.42. The van der Waals surface area contributed by atoms with E-state index in [2.05, 4.69) is 5.16 Å². The normalized spacial score (nSPS) is 23.9. The Kier molecular flexibility index (Phi) is 5.26. The van der Waals surface area contributed by atoms with Crippen LogP contribution in [0.4, 0.5) is 0 Å². The standard InChI is InChI=1S/C18H25NO5/c1-22-16-7-6-13(10-17(16)23-14-4-2-3-5-14)15-11-18(12-21,8-9-20)24-19-15/h6-7,10,14,20-21H,2-5,8-9,11-12H2,1H3/t18-/m1/s1. The fourth-order valence-corrected chi connectivity index (χ4v) is 3.31. The molecule has 1 aliphatic carbocycles. The van der Waals surface area contributed by atoms with Crippen LogP contribution in [0.25, 0.3) is 0 Å². The van der Waals surface area contributed by atoms with Gasteiger partial charge in [0.1, 0.15) is 0 Å². The smallest absolute Gasteiger partial charge is 0.168 e. The molecule has 24 heavy (non-hydrogen) atoms. The van der Waals surface area contributed by atoms with Gasteiger partial charge in [-0.3, -0.25) is 0 Å². The highest BCUT2D eigenvalue weighted by atomic mass is 16.7. The van der Waals surface area contributed by atoms with Gasteiger partial charge < -0.3 is 24.5 Å². The second-order valence-electron chi connectivity index (χ2n) is 6.51. The van der Waals surface area contributed by atoms with Gasteiger partial charge in [-0.15, -0.1) is 0 Å². The molecule has 3 rings (SSSR count). The van der Waals surface area contributed by atoms with Crippen LogP contribution in [0.5, 0.6) is 11.5 Å². The minimum Gasteiger partial charge on any atom is -0.493 e. The van der Waals surface area contributed by atoms with Gasteiger partial charge in [0.15, 0.2) is 17.1 Å². The number of oxime groups is 1. The molecule has 0 unspecified atom stereocenters. The molecule has 0 spiro atoms. The summed E-state index contributed by atoms with van der Waals surface area (Å²) in [6.45, 7) is -0.232. The zero-order valence-electron chi connectivity index (χ0n) is 14.0. The van der Waals surface area contributed by atoms with E-state index >= 15 is 0 Å². The minimum absolute atomic E-state index is 0.0536. The van der Waals surface area contributed by atoms with E-state index in [1.54, 1.807) is 7.11 Å². The van der Waals surface area contributed by atoms with E-state index in [4.69, 9.17) is 14.3 Å². The first-order chi connectivity index (χ1) is 11.7. The van der Waals surface area contributed by atoms with E-state index in [1.807, 2.05) is 18.2 Å².